The molecule has 0 heterocycles. The average Bonchev–Trinajstić information content (AvgIpc) is 2.95. The van der Waals surface area contributed by atoms with Crippen molar-refractivity contribution in [3.05, 3.63) is 76.0 Å². The molecular formula is C29H34ClF3N6O3. The third-order valence-electron chi connectivity index (χ3n) is 7.08. The predicted molar refractivity (Wildman–Crippen MR) is 156 cm³/mol. The van der Waals surface area contributed by atoms with E-state index in [1.807, 2.05) is 6.92 Å². The molecule has 9 nitrogen and oxygen atoms in total. The molecule has 1 fully saturated rings. The Morgan fingerprint density at radius 2 is 1.88 bits per heavy atom. The number of rotatable bonds is 9. The molecule has 1 aliphatic carbocycles. The fourth-order valence-electron chi connectivity index (χ4n) is 4.56. The number of primary amides is 1. The highest BCUT2D eigenvalue weighted by molar-refractivity contribution is 6.30. The van der Waals surface area contributed by atoms with E-state index in [4.69, 9.17) is 33.2 Å². The zero-order valence-corrected chi connectivity index (χ0v) is 24.1. The maximum atomic E-state index is 13.1. The van der Waals surface area contributed by atoms with Crippen molar-refractivity contribution in [2.45, 2.75) is 50.8 Å². The first-order valence-electron chi connectivity index (χ1n) is 13.2. The number of carbonyl (C=O) groups excluding carboxylic acids is 2. The molecule has 1 saturated carbocycles. The van der Waals surface area contributed by atoms with Crippen LogP contribution in [0.15, 0.2) is 64.8 Å². The van der Waals surface area contributed by atoms with Gasteiger partial charge in [-0.05, 0) is 48.6 Å². The number of allylic oxidation sites excluding steroid dienone is 1. The van der Waals surface area contributed by atoms with Crippen molar-refractivity contribution >= 4 is 40.8 Å². The van der Waals surface area contributed by atoms with Crippen LogP contribution in [0.5, 0.6) is 0 Å². The topological polar surface area (TPSA) is 147 Å². The van der Waals surface area contributed by atoms with Crippen LogP contribution in [0.1, 0.15) is 43.7 Å². The first-order chi connectivity index (χ1) is 19.8. The first-order valence-corrected chi connectivity index (χ1v) is 13.6. The number of hydrogen-bond acceptors (Lipinski definition) is 6. The second kappa shape index (κ2) is 13.8. The number of amidine groups is 1. The van der Waals surface area contributed by atoms with Gasteiger partial charge in [0.15, 0.2) is 5.60 Å². The molecule has 0 aliphatic heterocycles. The molecule has 1 atom stereocenters. The van der Waals surface area contributed by atoms with Crippen molar-refractivity contribution in [3.63, 3.8) is 0 Å². The van der Waals surface area contributed by atoms with E-state index in [1.54, 1.807) is 48.5 Å². The van der Waals surface area contributed by atoms with E-state index in [2.05, 4.69) is 10.3 Å². The van der Waals surface area contributed by atoms with Crippen LogP contribution in [0.25, 0.3) is 0 Å². The Bertz CT molecular complexity index is 1380. The Kier molecular flexibility index (Phi) is 10.7. The van der Waals surface area contributed by atoms with Crippen LogP contribution in [0, 0.1) is 5.41 Å². The van der Waals surface area contributed by atoms with Gasteiger partial charge in [0, 0.05) is 42.1 Å². The van der Waals surface area contributed by atoms with Crippen LogP contribution in [0.4, 0.5) is 23.7 Å². The molecule has 3 amide bonds. The van der Waals surface area contributed by atoms with Gasteiger partial charge in [0.1, 0.15) is 5.84 Å². The number of methoxy groups -OCH3 is 1. The van der Waals surface area contributed by atoms with Crippen molar-refractivity contribution in [3.8, 4) is 0 Å². The normalized spacial score (nSPS) is 19.3. The van der Waals surface area contributed by atoms with Gasteiger partial charge in [0.05, 0.1) is 18.7 Å². The molecule has 226 valence electrons. The molecule has 3 rings (SSSR count). The zero-order valence-electron chi connectivity index (χ0n) is 23.4. The van der Waals surface area contributed by atoms with Gasteiger partial charge >= 0.3 is 12.2 Å². The number of aryl methyl sites for hydroxylation is 1. The average molecular weight is 607 g/mol. The maximum Gasteiger partial charge on any atom is 0.390 e. The Balaban J connectivity index is 1.88. The van der Waals surface area contributed by atoms with Gasteiger partial charge in [0.25, 0.3) is 0 Å². The summed E-state index contributed by atoms with van der Waals surface area (Å²) in [4.78, 5) is 30.8. The molecule has 0 saturated heterocycles. The minimum Gasteiger partial charge on any atom is -0.400 e. The van der Waals surface area contributed by atoms with Crippen molar-refractivity contribution < 1.29 is 27.5 Å². The van der Waals surface area contributed by atoms with E-state index in [0.29, 0.717) is 27.6 Å². The number of benzene rings is 2. The van der Waals surface area contributed by atoms with E-state index >= 15 is 0 Å². The molecule has 6 N–H and O–H groups in total. The minimum atomic E-state index is -4.53. The van der Waals surface area contributed by atoms with Crippen LogP contribution in [-0.2, 0) is 16.0 Å². The second-order valence-corrected chi connectivity index (χ2v) is 10.3. The van der Waals surface area contributed by atoms with Gasteiger partial charge in [-0.2, -0.15) is 13.2 Å². The van der Waals surface area contributed by atoms with Crippen LogP contribution >= 0.6 is 11.6 Å². The quantitative estimate of drug-likeness (QED) is 0.228. The number of nitrogens with two attached hydrogens (primary N) is 2. The monoisotopic (exact) mass is 606 g/mol. The Morgan fingerprint density at radius 3 is 2.45 bits per heavy atom. The molecule has 0 aromatic heterocycles. The highest BCUT2D eigenvalue weighted by Crippen LogP contribution is 2.35. The number of urea groups is 1. The maximum absolute atomic E-state index is 13.1. The predicted octanol–water partition coefficient (Wildman–Crippen LogP) is 5.23. The number of halogens is 4. The highest BCUT2D eigenvalue weighted by Gasteiger charge is 2.42. The van der Waals surface area contributed by atoms with Gasteiger partial charge in [-0.3, -0.25) is 20.1 Å². The molecule has 2 aromatic carbocycles. The summed E-state index contributed by atoms with van der Waals surface area (Å²) in [7, 11) is 1.38. The summed E-state index contributed by atoms with van der Waals surface area (Å²) in [5.41, 5.74) is 13.6. The first kappa shape index (κ1) is 32.6. The number of alkyl halides is 3. The van der Waals surface area contributed by atoms with Crippen LogP contribution < -0.4 is 16.8 Å². The lowest BCUT2D eigenvalue weighted by Crippen LogP contribution is -2.50. The van der Waals surface area contributed by atoms with Gasteiger partial charge in [-0.15, -0.1) is 0 Å². The smallest absolute Gasteiger partial charge is 0.390 e. The molecule has 13 heteroatoms. The summed E-state index contributed by atoms with van der Waals surface area (Å²) >= 11 is 6.10. The van der Waals surface area contributed by atoms with Crippen LogP contribution in [0.3, 0.4) is 0 Å². The summed E-state index contributed by atoms with van der Waals surface area (Å²) in [5, 5.41) is 11.5. The molecule has 1 unspecified atom stereocenters. The fourth-order valence-corrected chi connectivity index (χ4v) is 4.74. The third kappa shape index (κ3) is 8.32. The largest absolute Gasteiger partial charge is 0.400 e. The molecule has 0 spiro atoms. The Morgan fingerprint density at radius 1 is 1.19 bits per heavy atom. The number of nitrogens with one attached hydrogen (secondary N) is 2. The lowest BCUT2D eigenvalue weighted by molar-refractivity contribution is -0.140. The van der Waals surface area contributed by atoms with E-state index in [9.17, 15) is 22.8 Å². The number of nitrogens with zero attached hydrogens (tertiary/aromatic N) is 2. The standard InChI is InChI=1S/C29H34ClF3N6O3/c1-3-18-7-9-19(10-8-18)25(35)39(14-13-29(31,32)33)27(41)37-17-23(34)22-11-12-28(42-2,26(36)40)16-24(22)38-21-6-4-5-20(30)15-21/h4-10,15,35H,3,11-14,16-17,34H2,1-2H3,(H2,36,40)(H,37,41)/b23-22-,35-25?,38-24?. The van der Waals surface area contributed by atoms with Crippen LogP contribution in [0.2, 0.25) is 5.02 Å². The van der Waals surface area contributed by atoms with Crippen molar-refractivity contribution in [2.75, 3.05) is 20.2 Å². The molecule has 2 aromatic rings. The SMILES string of the molecule is CCc1ccc(C(=N)N(CCC(F)(F)F)C(=O)NC/C(N)=C2\CCC(OC)(C(N)=O)CC2=Nc2cccc(Cl)c2)cc1. The second-order valence-electron chi connectivity index (χ2n) is 9.86. The van der Waals surface area contributed by atoms with Crippen molar-refractivity contribution in [1.82, 2.24) is 10.2 Å². The summed E-state index contributed by atoms with van der Waals surface area (Å²) in [6.07, 6.45) is -4.65. The van der Waals surface area contributed by atoms with Crippen molar-refractivity contribution in [2.24, 2.45) is 16.5 Å². The number of amides is 3. The van der Waals surface area contributed by atoms with Crippen LogP contribution in [-0.4, -0.2) is 60.4 Å². The van der Waals surface area contributed by atoms with E-state index < -0.39 is 36.7 Å². The fraction of sp³-hybridized carbons (Fsp3) is 0.379. The van der Waals surface area contributed by atoms with E-state index in [1.165, 1.54) is 7.11 Å². The van der Waals surface area contributed by atoms with Gasteiger partial charge in [-0.1, -0.05) is 48.9 Å². The highest BCUT2D eigenvalue weighted by atomic mass is 35.5. The number of aliphatic imine (C=N–C) groups is 1. The number of carbonyl (C=O) groups is 2. The third-order valence-corrected chi connectivity index (χ3v) is 7.31. The summed E-state index contributed by atoms with van der Waals surface area (Å²) in [5.74, 6) is -1.04. The molecule has 0 bridgehead atoms. The molecule has 1 aliphatic rings. The number of hydrogen-bond donors (Lipinski definition) is 4. The summed E-state index contributed by atoms with van der Waals surface area (Å²) in [6, 6.07) is 12.5. The molecular weight excluding hydrogens is 573 g/mol. The lowest BCUT2D eigenvalue weighted by Gasteiger charge is -2.35. The minimum absolute atomic E-state index is 0.00539. The summed E-state index contributed by atoms with van der Waals surface area (Å²) < 4.78 is 44.7. The molecule has 42 heavy (non-hydrogen) atoms. The summed E-state index contributed by atoms with van der Waals surface area (Å²) in [6.45, 7) is 0.948. The van der Waals surface area contributed by atoms with Gasteiger partial charge in [-0.25, -0.2) is 4.79 Å². The zero-order chi connectivity index (χ0) is 31.1. The van der Waals surface area contributed by atoms with Gasteiger partial charge < -0.3 is 21.5 Å². The van der Waals surface area contributed by atoms with E-state index in [0.717, 1.165) is 16.9 Å². The van der Waals surface area contributed by atoms with Gasteiger partial charge in [0.2, 0.25) is 5.91 Å². The Hall–Kier alpha value is -3.90. The molecule has 0 radical (unpaired) electrons. The Labute approximate surface area is 247 Å². The van der Waals surface area contributed by atoms with Crippen molar-refractivity contribution in [1.29, 1.82) is 5.41 Å². The number of ether oxygens (including phenoxy) is 1. The lowest BCUT2D eigenvalue weighted by atomic mass is 9.79. The van der Waals surface area contributed by atoms with E-state index in [-0.39, 0.29) is 37.3 Å².